The van der Waals surface area contributed by atoms with E-state index >= 15 is 0 Å². The first-order chi connectivity index (χ1) is 15.1. The fourth-order valence-electron chi connectivity index (χ4n) is 2.52. The molecule has 12 N–H and O–H groups in total. The number of hydrogen-bond acceptors (Lipinski definition) is 11. The topological polar surface area (TPSA) is 253 Å². The number of unbranched alkanes of at least 4 members (excludes halogenated alkanes) is 1. The lowest BCUT2D eigenvalue weighted by molar-refractivity contribution is -0.161. The van der Waals surface area contributed by atoms with Crippen molar-refractivity contribution in [1.82, 2.24) is 15.0 Å². The number of nitrogens with zero attached hydrogens (tertiary/aromatic N) is 2. The van der Waals surface area contributed by atoms with E-state index in [1.807, 2.05) is 0 Å². The number of hydrogen-bond donors (Lipinski definition) is 7. The first kappa shape index (κ1) is 27.0. The molecule has 1 heterocycles. The first-order valence-corrected chi connectivity index (χ1v) is 10.2. The zero-order chi connectivity index (χ0) is 24.1. The fraction of sp³-hybridized carbons (Fsp3) is 0.611. The molecule has 0 aliphatic carbocycles. The van der Waals surface area contributed by atoms with Gasteiger partial charge < -0.3 is 43.6 Å². The van der Waals surface area contributed by atoms with Crippen molar-refractivity contribution in [2.45, 2.75) is 56.7 Å². The summed E-state index contributed by atoms with van der Waals surface area (Å²) >= 11 is 0. The van der Waals surface area contributed by atoms with E-state index in [0.717, 1.165) is 11.2 Å². The molecule has 180 valence electrons. The molecule has 14 nitrogen and oxygen atoms in total. The lowest BCUT2D eigenvalue weighted by Gasteiger charge is -2.13. The SMILES string of the molecule is N=C(N)NCCC[C@H](N)C(=O)OC(=O)[C@@H](N)Cc1cn(OC(=O)[C@@H](N)CCCCN)cn1. The standard InChI is InChI=1S/C18H33N9O5/c19-6-2-1-4-13(21)17(30)32-27-9-11(26-10-27)8-14(22)16(29)31-15(28)12(20)5-3-7-25-18(23)24/h9-10,12-14H,1-8,19-22H2,(H4,23,24,25)/t12-,13-,14-/m0/s1. The van der Waals surface area contributed by atoms with E-state index in [2.05, 4.69) is 10.3 Å². The molecule has 1 aromatic rings. The Morgan fingerprint density at radius 3 is 2.31 bits per heavy atom. The number of carbonyl (C=O) groups is 3. The zero-order valence-electron chi connectivity index (χ0n) is 17.9. The summed E-state index contributed by atoms with van der Waals surface area (Å²) in [4.78, 5) is 45.0. The molecular formula is C18H33N9O5. The molecule has 1 rings (SSSR count). The third-order valence-corrected chi connectivity index (χ3v) is 4.32. The number of aromatic nitrogens is 2. The number of nitrogens with two attached hydrogens (primary N) is 5. The molecule has 3 atom stereocenters. The largest absolute Gasteiger partial charge is 0.391 e. The maximum absolute atomic E-state index is 12.1. The Morgan fingerprint density at radius 1 is 1.03 bits per heavy atom. The number of carbonyl (C=O) groups excluding carboxylic acids is 3. The van der Waals surface area contributed by atoms with Gasteiger partial charge >= 0.3 is 17.9 Å². The minimum atomic E-state index is -1.18. The Balaban J connectivity index is 2.43. The van der Waals surface area contributed by atoms with Crippen molar-refractivity contribution in [1.29, 1.82) is 5.41 Å². The van der Waals surface area contributed by atoms with Crippen LogP contribution in [0, 0.1) is 5.41 Å². The molecule has 0 aliphatic rings. The first-order valence-electron chi connectivity index (χ1n) is 10.2. The van der Waals surface area contributed by atoms with E-state index in [1.54, 1.807) is 0 Å². The van der Waals surface area contributed by atoms with Gasteiger partial charge in [0, 0.05) is 13.0 Å². The molecule has 0 aromatic carbocycles. The van der Waals surface area contributed by atoms with Gasteiger partial charge in [-0.2, -0.15) is 4.73 Å². The van der Waals surface area contributed by atoms with Crippen molar-refractivity contribution in [2.24, 2.45) is 28.7 Å². The summed E-state index contributed by atoms with van der Waals surface area (Å²) in [7, 11) is 0. The summed E-state index contributed by atoms with van der Waals surface area (Å²) in [5, 5.41) is 9.60. The van der Waals surface area contributed by atoms with Gasteiger partial charge in [-0.3, -0.25) is 5.41 Å². The Hall–Kier alpha value is -3.07. The van der Waals surface area contributed by atoms with Crippen molar-refractivity contribution in [2.75, 3.05) is 13.1 Å². The van der Waals surface area contributed by atoms with Crippen molar-refractivity contribution >= 4 is 23.9 Å². The monoisotopic (exact) mass is 455 g/mol. The van der Waals surface area contributed by atoms with Crippen molar-refractivity contribution in [3.05, 3.63) is 18.2 Å². The third-order valence-electron chi connectivity index (χ3n) is 4.32. The normalized spacial score (nSPS) is 13.6. The maximum atomic E-state index is 12.1. The van der Waals surface area contributed by atoms with Crippen LogP contribution in [0.15, 0.2) is 12.5 Å². The highest BCUT2D eigenvalue weighted by molar-refractivity contribution is 5.90. The highest BCUT2D eigenvalue weighted by Gasteiger charge is 2.24. The average Bonchev–Trinajstić information content (AvgIpc) is 3.17. The number of nitrogens with one attached hydrogen (secondary N) is 2. The Morgan fingerprint density at radius 2 is 1.66 bits per heavy atom. The van der Waals surface area contributed by atoms with Crippen LogP contribution in [0.2, 0.25) is 0 Å². The summed E-state index contributed by atoms with van der Waals surface area (Å²) < 4.78 is 5.78. The van der Waals surface area contributed by atoms with E-state index in [-0.39, 0.29) is 18.8 Å². The molecule has 0 saturated carbocycles. The Bertz CT molecular complexity index is 770. The minimum Gasteiger partial charge on any atom is -0.391 e. The van der Waals surface area contributed by atoms with Gasteiger partial charge in [0.1, 0.15) is 24.5 Å². The van der Waals surface area contributed by atoms with Crippen LogP contribution < -0.4 is 38.8 Å². The molecule has 0 aliphatic heterocycles. The van der Waals surface area contributed by atoms with E-state index in [0.29, 0.717) is 38.0 Å². The summed E-state index contributed by atoms with van der Waals surface area (Å²) in [6.45, 7) is 0.876. The summed E-state index contributed by atoms with van der Waals surface area (Å²) in [6.07, 6.45) is 5.12. The Kier molecular flexibility index (Phi) is 11.9. The van der Waals surface area contributed by atoms with E-state index in [1.165, 1.54) is 12.5 Å². The van der Waals surface area contributed by atoms with Gasteiger partial charge in [-0.15, -0.1) is 0 Å². The second kappa shape index (κ2) is 14.1. The van der Waals surface area contributed by atoms with Crippen LogP contribution >= 0.6 is 0 Å². The molecule has 0 saturated heterocycles. The van der Waals surface area contributed by atoms with Gasteiger partial charge in [-0.25, -0.2) is 19.4 Å². The highest BCUT2D eigenvalue weighted by Crippen LogP contribution is 2.04. The smallest absolute Gasteiger partial charge is 0.349 e. The average molecular weight is 456 g/mol. The van der Waals surface area contributed by atoms with Crippen LogP contribution in [0.3, 0.4) is 0 Å². The summed E-state index contributed by atoms with van der Waals surface area (Å²) in [6, 6.07) is -2.99. The maximum Gasteiger partial charge on any atom is 0.349 e. The van der Waals surface area contributed by atoms with Crippen molar-refractivity contribution in [3.8, 4) is 0 Å². The molecule has 0 bridgehead atoms. The van der Waals surface area contributed by atoms with E-state index < -0.39 is 36.0 Å². The molecule has 14 heteroatoms. The Labute approximate surface area is 185 Å². The van der Waals surface area contributed by atoms with Gasteiger partial charge in [0.15, 0.2) is 5.96 Å². The van der Waals surface area contributed by atoms with Crippen LogP contribution in [0.5, 0.6) is 0 Å². The fourth-order valence-corrected chi connectivity index (χ4v) is 2.52. The molecule has 0 spiro atoms. The van der Waals surface area contributed by atoms with Gasteiger partial charge in [0.2, 0.25) is 0 Å². The second-order valence-electron chi connectivity index (χ2n) is 7.17. The number of rotatable bonds is 14. The predicted octanol–water partition coefficient (Wildman–Crippen LogP) is -3.18. The molecule has 0 amide bonds. The van der Waals surface area contributed by atoms with Gasteiger partial charge in [0.25, 0.3) is 0 Å². The zero-order valence-corrected chi connectivity index (χ0v) is 17.9. The highest BCUT2D eigenvalue weighted by atomic mass is 16.7. The van der Waals surface area contributed by atoms with E-state index in [9.17, 15) is 14.4 Å². The van der Waals surface area contributed by atoms with Crippen LogP contribution in [-0.4, -0.2) is 64.8 Å². The van der Waals surface area contributed by atoms with Crippen molar-refractivity contribution < 1.29 is 24.0 Å². The van der Waals surface area contributed by atoms with E-state index in [4.69, 9.17) is 43.7 Å². The van der Waals surface area contributed by atoms with Gasteiger partial charge in [0.05, 0.1) is 11.9 Å². The van der Waals surface area contributed by atoms with Gasteiger partial charge in [-0.05, 0) is 32.2 Å². The number of esters is 2. The molecule has 32 heavy (non-hydrogen) atoms. The van der Waals surface area contributed by atoms with Crippen LogP contribution in [0.1, 0.15) is 37.8 Å². The number of imidazole rings is 1. The van der Waals surface area contributed by atoms with Crippen LogP contribution in [-0.2, 0) is 25.5 Å². The van der Waals surface area contributed by atoms with Crippen LogP contribution in [0.4, 0.5) is 0 Å². The second-order valence-corrected chi connectivity index (χ2v) is 7.17. The van der Waals surface area contributed by atoms with Crippen LogP contribution in [0.25, 0.3) is 0 Å². The summed E-state index contributed by atoms with van der Waals surface area (Å²) in [5.41, 5.74) is 28.1. The molecule has 0 unspecified atom stereocenters. The predicted molar refractivity (Wildman–Crippen MR) is 115 cm³/mol. The minimum absolute atomic E-state index is 0.0585. The number of guanidine groups is 1. The van der Waals surface area contributed by atoms with Gasteiger partial charge in [-0.1, -0.05) is 6.42 Å². The molecular weight excluding hydrogens is 422 g/mol. The summed E-state index contributed by atoms with van der Waals surface area (Å²) in [5.74, 6) is -2.69. The lowest BCUT2D eigenvalue weighted by Crippen LogP contribution is -2.41. The molecule has 1 aromatic heterocycles. The molecule has 0 radical (unpaired) electrons. The van der Waals surface area contributed by atoms with Crippen molar-refractivity contribution in [3.63, 3.8) is 0 Å². The quantitative estimate of drug-likeness (QED) is 0.0482. The lowest BCUT2D eigenvalue weighted by atomic mass is 10.1. The molecule has 0 fully saturated rings. The third kappa shape index (κ3) is 10.3. The number of ether oxygens (including phenoxy) is 1.